The minimum atomic E-state index is 0.686. The number of rotatable bonds is 5. The molecule has 0 radical (unpaired) electrons. The zero-order chi connectivity index (χ0) is 13.1. The molecule has 0 bridgehead atoms. The SMILES string of the molecule is CC(CNCc1cccs1)N1CCCC2CCCC21. The van der Waals surface area contributed by atoms with E-state index in [0.29, 0.717) is 6.04 Å². The van der Waals surface area contributed by atoms with E-state index < -0.39 is 0 Å². The number of thiophene rings is 1. The van der Waals surface area contributed by atoms with Crippen LogP contribution in [-0.2, 0) is 6.54 Å². The van der Waals surface area contributed by atoms with Crippen LogP contribution < -0.4 is 5.32 Å². The van der Waals surface area contributed by atoms with Crippen molar-refractivity contribution in [3.8, 4) is 0 Å². The smallest absolute Gasteiger partial charge is 0.0300 e. The summed E-state index contributed by atoms with van der Waals surface area (Å²) in [7, 11) is 0. The zero-order valence-corrected chi connectivity index (χ0v) is 12.8. The number of piperidine rings is 1. The van der Waals surface area contributed by atoms with Crippen molar-refractivity contribution in [2.24, 2.45) is 5.92 Å². The van der Waals surface area contributed by atoms with Crippen molar-refractivity contribution in [1.82, 2.24) is 10.2 Å². The summed E-state index contributed by atoms with van der Waals surface area (Å²) in [5.41, 5.74) is 0. The molecule has 1 aliphatic carbocycles. The third kappa shape index (κ3) is 3.21. The Kier molecular flexibility index (Phi) is 4.57. The predicted octanol–water partition coefficient (Wildman–Crippen LogP) is 3.49. The Morgan fingerprint density at radius 1 is 1.37 bits per heavy atom. The fraction of sp³-hybridized carbons (Fsp3) is 0.750. The lowest BCUT2D eigenvalue weighted by Crippen LogP contribution is -2.50. The molecular formula is C16H26N2S. The summed E-state index contributed by atoms with van der Waals surface area (Å²) in [6.07, 6.45) is 7.28. The highest BCUT2D eigenvalue weighted by Gasteiger charge is 2.36. The number of likely N-dealkylation sites (tertiary alicyclic amines) is 1. The number of hydrogen-bond acceptors (Lipinski definition) is 3. The molecule has 1 saturated heterocycles. The Hall–Kier alpha value is -0.380. The van der Waals surface area contributed by atoms with Crippen LogP contribution in [0.4, 0.5) is 0 Å². The van der Waals surface area contributed by atoms with Crippen LogP contribution in [0.2, 0.25) is 0 Å². The summed E-state index contributed by atoms with van der Waals surface area (Å²) in [5.74, 6) is 1.01. The molecule has 2 aliphatic rings. The molecule has 3 rings (SSSR count). The van der Waals surface area contributed by atoms with Crippen LogP contribution in [0.3, 0.4) is 0 Å². The second-order valence-electron chi connectivity index (χ2n) is 6.20. The van der Waals surface area contributed by atoms with Gasteiger partial charge in [-0.25, -0.2) is 0 Å². The van der Waals surface area contributed by atoms with Crippen molar-refractivity contribution in [3.05, 3.63) is 22.4 Å². The van der Waals surface area contributed by atoms with Gasteiger partial charge >= 0.3 is 0 Å². The quantitative estimate of drug-likeness (QED) is 0.887. The van der Waals surface area contributed by atoms with E-state index in [0.717, 1.165) is 25.0 Å². The minimum Gasteiger partial charge on any atom is -0.310 e. The first-order valence-corrected chi connectivity index (χ1v) is 8.71. The van der Waals surface area contributed by atoms with Gasteiger partial charge in [0, 0.05) is 30.1 Å². The topological polar surface area (TPSA) is 15.3 Å². The molecule has 3 unspecified atom stereocenters. The van der Waals surface area contributed by atoms with Gasteiger partial charge in [-0.05, 0) is 56.5 Å². The summed E-state index contributed by atoms with van der Waals surface area (Å²) in [6, 6.07) is 5.94. The molecule has 2 nitrogen and oxygen atoms in total. The van der Waals surface area contributed by atoms with E-state index in [1.165, 1.54) is 43.5 Å². The Bertz CT molecular complexity index is 376. The standard InChI is InChI=1S/C16H26N2S/c1-13(11-17-12-15-7-4-10-19-15)18-9-3-6-14-5-2-8-16(14)18/h4,7,10,13-14,16-17H,2-3,5-6,8-9,11-12H2,1H3. The van der Waals surface area contributed by atoms with Crippen molar-refractivity contribution in [3.63, 3.8) is 0 Å². The van der Waals surface area contributed by atoms with Crippen LogP contribution in [-0.4, -0.2) is 30.1 Å². The number of nitrogens with zero attached hydrogens (tertiary/aromatic N) is 1. The summed E-state index contributed by atoms with van der Waals surface area (Å²) in [4.78, 5) is 4.24. The average Bonchev–Trinajstić information content (AvgIpc) is 3.08. The summed E-state index contributed by atoms with van der Waals surface area (Å²) in [6.45, 7) is 5.89. The number of hydrogen-bond donors (Lipinski definition) is 1. The highest BCUT2D eigenvalue weighted by atomic mass is 32.1. The molecule has 1 aliphatic heterocycles. The highest BCUT2D eigenvalue weighted by molar-refractivity contribution is 7.09. The second-order valence-corrected chi connectivity index (χ2v) is 7.23. The van der Waals surface area contributed by atoms with Crippen LogP contribution in [0.5, 0.6) is 0 Å². The molecule has 3 atom stereocenters. The molecule has 1 aromatic rings. The third-order valence-corrected chi connectivity index (χ3v) is 5.80. The second kappa shape index (κ2) is 6.38. The first-order chi connectivity index (χ1) is 9.34. The van der Waals surface area contributed by atoms with Gasteiger partial charge in [0.2, 0.25) is 0 Å². The van der Waals surface area contributed by atoms with Crippen molar-refractivity contribution < 1.29 is 0 Å². The molecule has 0 spiro atoms. The van der Waals surface area contributed by atoms with E-state index in [-0.39, 0.29) is 0 Å². The third-order valence-electron chi connectivity index (χ3n) is 4.92. The van der Waals surface area contributed by atoms with Crippen LogP contribution in [0.1, 0.15) is 43.9 Å². The van der Waals surface area contributed by atoms with Gasteiger partial charge in [0.25, 0.3) is 0 Å². The Morgan fingerprint density at radius 3 is 3.11 bits per heavy atom. The lowest BCUT2D eigenvalue weighted by molar-refractivity contribution is 0.0743. The van der Waals surface area contributed by atoms with E-state index >= 15 is 0 Å². The summed E-state index contributed by atoms with van der Waals surface area (Å²) in [5, 5.41) is 5.79. The summed E-state index contributed by atoms with van der Waals surface area (Å²) >= 11 is 1.85. The van der Waals surface area contributed by atoms with Gasteiger partial charge in [-0.15, -0.1) is 11.3 Å². The molecule has 1 N–H and O–H groups in total. The Morgan fingerprint density at radius 2 is 2.26 bits per heavy atom. The maximum Gasteiger partial charge on any atom is 0.0300 e. The van der Waals surface area contributed by atoms with Gasteiger partial charge in [0.15, 0.2) is 0 Å². The number of nitrogens with one attached hydrogen (secondary N) is 1. The molecule has 2 heterocycles. The molecule has 2 fully saturated rings. The normalized spacial score (nSPS) is 29.3. The van der Waals surface area contributed by atoms with Crippen molar-refractivity contribution in [2.45, 2.75) is 57.7 Å². The van der Waals surface area contributed by atoms with Crippen LogP contribution in [0.25, 0.3) is 0 Å². The first-order valence-electron chi connectivity index (χ1n) is 7.83. The molecule has 3 heteroatoms. The van der Waals surface area contributed by atoms with Gasteiger partial charge in [-0.2, -0.15) is 0 Å². The minimum absolute atomic E-state index is 0.686. The highest BCUT2D eigenvalue weighted by Crippen LogP contribution is 2.37. The van der Waals surface area contributed by atoms with E-state index in [2.05, 4.69) is 34.7 Å². The maximum atomic E-state index is 3.63. The molecule has 0 amide bonds. The Labute approximate surface area is 121 Å². The van der Waals surface area contributed by atoms with Gasteiger partial charge in [0.05, 0.1) is 0 Å². The number of fused-ring (bicyclic) bond motifs is 1. The van der Waals surface area contributed by atoms with Gasteiger partial charge in [0.1, 0.15) is 0 Å². The summed E-state index contributed by atoms with van der Waals surface area (Å²) < 4.78 is 0. The first kappa shape index (κ1) is 13.6. The molecule has 106 valence electrons. The lowest BCUT2D eigenvalue weighted by atomic mass is 9.91. The maximum absolute atomic E-state index is 3.63. The monoisotopic (exact) mass is 278 g/mol. The van der Waals surface area contributed by atoms with Gasteiger partial charge in [-0.3, -0.25) is 4.90 Å². The molecule has 19 heavy (non-hydrogen) atoms. The van der Waals surface area contributed by atoms with Crippen molar-refractivity contribution in [2.75, 3.05) is 13.1 Å². The lowest BCUT2D eigenvalue weighted by Gasteiger charge is -2.41. The van der Waals surface area contributed by atoms with Crippen LogP contribution in [0, 0.1) is 5.92 Å². The van der Waals surface area contributed by atoms with Crippen LogP contribution >= 0.6 is 11.3 Å². The van der Waals surface area contributed by atoms with Crippen LogP contribution in [0.15, 0.2) is 17.5 Å². The predicted molar refractivity (Wildman–Crippen MR) is 82.6 cm³/mol. The van der Waals surface area contributed by atoms with E-state index in [1.54, 1.807) is 0 Å². The van der Waals surface area contributed by atoms with E-state index in [9.17, 15) is 0 Å². The fourth-order valence-corrected chi connectivity index (χ4v) is 4.65. The fourth-order valence-electron chi connectivity index (χ4n) is 3.97. The molecule has 1 aromatic heterocycles. The zero-order valence-electron chi connectivity index (χ0n) is 12.0. The molecular weight excluding hydrogens is 252 g/mol. The average molecular weight is 278 g/mol. The van der Waals surface area contributed by atoms with Gasteiger partial charge < -0.3 is 5.32 Å². The van der Waals surface area contributed by atoms with E-state index in [1.807, 2.05) is 11.3 Å². The van der Waals surface area contributed by atoms with Gasteiger partial charge in [-0.1, -0.05) is 12.5 Å². The van der Waals surface area contributed by atoms with Crippen molar-refractivity contribution in [1.29, 1.82) is 0 Å². The Balaban J connectivity index is 1.47. The van der Waals surface area contributed by atoms with Crippen molar-refractivity contribution >= 4 is 11.3 Å². The molecule has 1 saturated carbocycles. The largest absolute Gasteiger partial charge is 0.310 e. The van der Waals surface area contributed by atoms with E-state index in [4.69, 9.17) is 0 Å². The molecule has 0 aromatic carbocycles.